The van der Waals surface area contributed by atoms with Crippen LogP contribution in [0.4, 0.5) is 0 Å². The van der Waals surface area contributed by atoms with Gasteiger partial charge in [-0.15, -0.1) is 4.73 Å². The predicted molar refractivity (Wildman–Crippen MR) is 47.1 cm³/mol. The molecule has 2 N–H and O–H groups in total. The standard InChI is InChI=1S/C9H9NO5/c11-6-3-5(4-6)9(14)15-10-7(12)1-2-8(10)13/h1-2,5,12-13H,3-4H2. The third kappa shape index (κ3) is 1.65. The largest absolute Gasteiger partial charge is 0.492 e. The number of hydrogen-bond donors (Lipinski definition) is 2. The van der Waals surface area contributed by atoms with Crippen molar-refractivity contribution in [2.45, 2.75) is 12.8 Å². The zero-order chi connectivity index (χ0) is 11.0. The number of aromatic nitrogens is 1. The number of carbonyl (C=O) groups is 2. The van der Waals surface area contributed by atoms with Crippen molar-refractivity contribution < 1.29 is 24.6 Å². The zero-order valence-corrected chi connectivity index (χ0v) is 7.71. The summed E-state index contributed by atoms with van der Waals surface area (Å²) in [6.45, 7) is 0. The van der Waals surface area contributed by atoms with Crippen molar-refractivity contribution in [1.82, 2.24) is 4.73 Å². The quantitative estimate of drug-likeness (QED) is 0.709. The Balaban J connectivity index is 2.03. The van der Waals surface area contributed by atoms with Crippen LogP contribution in [0, 0.1) is 5.92 Å². The normalized spacial score (nSPS) is 16.1. The fourth-order valence-electron chi connectivity index (χ4n) is 1.32. The molecule has 0 atom stereocenters. The van der Waals surface area contributed by atoms with E-state index in [4.69, 9.17) is 15.1 Å². The van der Waals surface area contributed by atoms with Crippen molar-refractivity contribution >= 4 is 11.8 Å². The first-order valence-electron chi connectivity index (χ1n) is 4.41. The molecule has 0 saturated heterocycles. The molecule has 0 aliphatic heterocycles. The summed E-state index contributed by atoms with van der Waals surface area (Å²) in [7, 11) is 0. The molecule has 1 aliphatic carbocycles. The molecule has 6 heteroatoms. The van der Waals surface area contributed by atoms with Gasteiger partial charge in [0.1, 0.15) is 5.78 Å². The summed E-state index contributed by atoms with van der Waals surface area (Å²) in [5.74, 6) is -1.81. The van der Waals surface area contributed by atoms with Gasteiger partial charge in [-0.25, -0.2) is 4.79 Å². The molecule has 2 rings (SSSR count). The Morgan fingerprint density at radius 2 is 1.87 bits per heavy atom. The van der Waals surface area contributed by atoms with E-state index >= 15 is 0 Å². The van der Waals surface area contributed by atoms with Gasteiger partial charge in [0.25, 0.3) is 0 Å². The predicted octanol–water partition coefficient (Wildman–Crippen LogP) is -0.166. The second-order valence-corrected chi connectivity index (χ2v) is 3.40. The topological polar surface area (TPSA) is 88.8 Å². The van der Waals surface area contributed by atoms with Crippen molar-refractivity contribution in [3.63, 3.8) is 0 Å². The lowest BCUT2D eigenvalue weighted by molar-refractivity contribution is -0.157. The van der Waals surface area contributed by atoms with E-state index in [0.717, 1.165) is 0 Å². The molecule has 15 heavy (non-hydrogen) atoms. The molecule has 0 aromatic carbocycles. The van der Waals surface area contributed by atoms with Crippen molar-refractivity contribution in [2.24, 2.45) is 5.92 Å². The minimum Gasteiger partial charge on any atom is -0.492 e. The fraction of sp³-hybridized carbons (Fsp3) is 0.333. The van der Waals surface area contributed by atoms with Crippen LogP contribution in [0.2, 0.25) is 0 Å². The summed E-state index contributed by atoms with van der Waals surface area (Å²) in [4.78, 5) is 26.7. The second kappa shape index (κ2) is 3.30. The third-order valence-corrected chi connectivity index (χ3v) is 2.26. The molecule has 0 unspecified atom stereocenters. The van der Waals surface area contributed by atoms with Gasteiger partial charge >= 0.3 is 5.97 Å². The molecule has 0 bridgehead atoms. The Bertz CT molecular complexity index is 395. The van der Waals surface area contributed by atoms with Crippen LogP contribution in [-0.2, 0) is 9.59 Å². The smallest absolute Gasteiger partial charge is 0.337 e. The van der Waals surface area contributed by atoms with Crippen molar-refractivity contribution in [3.8, 4) is 11.8 Å². The number of ketones is 1. The summed E-state index contributed by atoms with van der Waals surface area (Å²) in [5, 5.41) is 18.3. The van der Waals surface area contributed by atoms with Crippen LogP contribution < -0.4 is 4.84 Å². The van der Waals surface area contributed by atoms with Gasteiger partial charge in [-0.3, -0.25) is 4.79 Å². The molecule has 80 valence electrons. The first kappa shape index (κ1) is 9.57. The minimum atomic E-state index is -0.628. The molecule has 1 aromatic rings. The third-order valence-electron chi connectivity index (χ3n) is 2.26. The molecule has 1 fully saturated rings. The highest BCUT2D eigenvalue weighted by molar-refractivity contribution is 5.94. The van der Waals surface area contributed by atoms with E-state index in [9.17, 15) is 9.59 Å². The first-order chi connectivity index (χ1) is 7.08. The molecule has 1 aliphatic rings. The molecule has 1 heterocycles. The fourth-order valence-corrected chi connectivity index (χ4v) is 1.32. The molecule has 6 nitrogen and oxygen atoms in total. The first-order valence-corrected chi connectivity index (χ1v) is 4.41. The Morgan fingerprint density at radius 1 is 1.33 bits per heavy atom. The van der Waals surface area contributed by atoms with E-state index in [0.29, 0.717) is 4.73 Å². The Labute approximate surface area is 84.6 Å². The lowest BCUT2D eigenvalue weighted by Gasteiger charge is -2.21. The van der Waals surface area contributed by atoms with Gasteiger partial charge in [-0.1, -0.05) is 0 Å². The van der Waals surface area contributed by atoms with Crippen molar-refractivity contribution in [2.75, 3.05) is 0 Å². The monoisotopic (exact) mass is 211 g/mol. The molecule has 1 aromatic heterocycles. The van der Waals surface area contributed by atoms with Crippen LogP contribution in [0.1, 0.15) is 12.8 Å². The number of hydrogen-bond acceptors (Lipinski definition) is 5. The van der Waals surface area contributed by atoms with E-state index in [1.165, 1.54) is 12.1 Å². The van der Waals surface area contributed by atoms with Gasteiger partial charge in [0.05, 0.1) is 5.92 Å². The van der Waals surface area contributed by atoms with E-state index in [2.05, 4.69) is 0 Å². The molecule has 0 radical (unpaired) electrons. The van der Waals surface area contributed by atoms with Crippen molar-refractivity contribution in [3.05, 3.63) is 12.1 Å². The lowest BCUT2D eigenvalue weighted by Crippen LogP contribution is -2.36. The maximum absolute atomic E-state index is 11.3. The number of nitrogens with zero attached hydrogens (tertiary/aromatic N) is 1. The molecule has 1 saturated carbocycles. The average molecular weight is 211 g/mol. The maximum atomic E-state index is 11.3. The van der Waals surface area contributed by atoms with Gasteiger partial charge in [0.15, 0.2) is 0 Å². The van der Waals surface area contributed by atoms with Crippen molar-refractivity contribution in [1.29, 1.82) is 0 Å². The number of carbonyl (C=O) groups excluding carboxylic acids is 2. The lowest BCUT2D eigenvalue weighted by atomic mass is 9.84. The van der Waals surface area contributed by atoms with Gasteiger partial charge in [-0.05, 0) is 0 Å². The average Bonchev–Trinajstić information content (AvgIpc) is 2.44. The van der Waals surface area contributed by atoms with E-state index < -0.39 is 11.9 Å². The van der Waals surface area contributed by atoms with Gasteiger partial charge in [-0.2, -0.15) is 0 Å². The highest BCUT2D eigenvalue weighted by Crippen LogP contribution is 2.25. The van der Waals surface area contributed by atoms with Gasteiger partial charge in [0.2, 0.25) is 11.8 Å². The SMILES string of the molecule is O=C1CC(C(=O)On2c(O)ccc2O)C1. The molecule has 0 amide bonds. The Morgan fingerprint density at radius 3 is 2.33 bits per heavy atom. The Hall–Kier alpha value is -1.98. The number of rotatable bonds is 2. The van der Waals surface area contributed by atoms with E-state index in [1.54, 1.807) is 0 Å². The molecule has 0 spiro atoms. The number of Topliss-reactive ketones (excluding diaryl/α,β-unsaturated/α-hetero) is 1. The summed E-state index contributed by atoms with van der Waals surface area (Å²) in [6.07, 6.45) is 0.337. The van der Waals surface area contributed by atoms with Gasteiger partial charge < -0.3 is 15.1 Å². The highest BCUT2D eigenvalue weighted by Gasteiger charge is 2.35. The van der Waals surface area contributed by atoms with Crippen LogP contribution >= 0.6 is 0 Å². The summed E-state index contributed by atoms with van der Waals surface area (Å²) < 4.78 is 0.616. The summed E-state index contributed by atoms with van der Waals surface area (Å²) >= 11 is 0. The summed E-state index contributed by atoms with van der Waals surface area (Å²) in [5.41, 5.74) is 0. The van der Waals surface area contributed by atoms with E-state index in [-0.39, 0.29) is 30.4 Å². The molecular weight excluding hydrogens is 202 g/mol. The van der Waals surface area contributed by atoms with Crippen LogP contribution in [0.3, 0.4) is 0 Å². The van der Waals surface area contributed by atoms with Crippen LogP contribution in [0.5, 0.6) is 11.8 Å². The van der Waals surface area contributed by atoms with Crippen LogP contribution in [-0.4, -0.2) is 26.7 Å². The van der Waals surface area contributed by atoms with Crippen LogP contribution in [0.15, 0.2) is 12.1 Å². The Kier molecular flexibility index (Phi) is 2.11. The highest BCUT2D eigenvalue weighted by atomic mass is 16.7. The van der Waals surface area contributed by atoms with Gasteiger partial charge in [0, 0.05) is 25.0 Å². The maximum Gasteiger partial charge on any atom is 0.337 e. The number of aromatic hydroxyl groups is 2. The van der Waals surface area contributed by atoms with E-state index in [1.807, 2.05) is 0 Å². The summed E-state index contributed by atoms with van der Waals surface area (Å²) in [6, 6.07) is 2.38. The second-order valence-electron chi connectivity index (χ2n) is 3.40. The molecular formula is C9H9NO5. The zero-order valence-electron chi connectivity index (χ0n) is 7.71. The van der Waals surface area contributed by atoms with Crippen LogP contribution in [0.25, 0.3) is 0 Å². The minimum absolute atomic E-state index is 0.0119.